The topological polar surface area (TPSA) is 98.7 Å². The molecule has 28 heavy (non-hydrogen) atoms. The summed E-state index contributed by atoms with van der Waals surface area (Å²) in [5.41, 5.74) is 1.00. The number of rotatable bonds is 7. The lowest BCUT2D eigenvalue weighted by atomic mass is 9.99. The predicted molar refractivity (Wildman–Crippen MR) is 109 cm³/mol. The first kappa shape index (κ1) is 21.0. The Kier molecular flexibility index (Phi) is 6.76. The number of anilines is 2. The molecule has 7 heteroatoms. The van der Waals surface area contributed by atoms with Crippen LogP contribution in [-0.2, 0) is 4.79 Å². The third-order valence-corrected chi connectivity index (χ3v) is 4.23. The maximum atomic E-state index is 12.7. The first-order valence-corrected chi connectivity index (χ1v) is 8.92. The lowest BCUT2D eigenvalue weighted by Crippen LogP contribution is -2.45. The van der Waals surface area contributed by atoms with Gasteiger partial charge in [0.15, 0.2) is 0 Å². The lowest BCUT2D eigenvalue weighted by molar-refractivity contribution is -0.137. The normalized spacial score (nSPS) is 10.8. The fourth-order valence-corrected chi connectivity index (χ4v) is 2.64. The van der Waals surface area contributed by atoms with E-state index in [2.05, 4.69) is 10.6 Å². The summed E-state index contributed by atoms with van der Waals surface area (Å²) in [5.74, 6) is -1.11. The highest BCUT2D eigenvalue weighted by molar-refractivity contribution is 6.06. The van der Waals surface area contributed by atoms with E-state index in [1.54, 1.807) is 45.2 Å². The minimum Gasteiger partial charge on any atom is -0.481 e. The van der Waals surface area contributed by atoms with Crippen molar-refractivity contribution in [1.82, 2.24) is 5.32 Å². The molecule has 0 saturated heterocycles. The molecule has 0 bridgehead atoms. The van der Waals surface area contributed by atoms with Crippen molar-refractivity contribution in [2.24, 2.45) is 0 Å². The second-order valence-electron chi connectivity index (χ2n) is 7.14. The SMILES string of the molecule is CN(C(=O)c1cccc(NC(=O)NC(C)(C)CCC(=O)O)c1)c1ccccc1. The Balaban J connectivity index is 2.03. The second kappa shape index (κ2) is 9.03. The molecule has 2 aromatic carbocycles. The van der Waals surface area contributed by atoms with Gasteiger partial charge in [-0.1, -0.05) is 24.3 Å². The summed E-state index contributed by atoms with van der Waals surface area (Å²) in [4.78, 5) is 37.2. The van der Waals surface area contributed by atoms with E-state index in [4.69, 9.17) is 5.11 Å². The quantitative estimate of drug-likeness (QED) is 0.678. The third kappa shape index (κ3) is 6.12. The van der Waals surface area contributed by atoms with Gasteiger partial charge >= 0.3 is 12.0 Å². The van der Waals surface area contributed by atoms with Crippen LogP contribution in [0.4, 0.5) is 16.2 Å². The summed E-state index contributed by atoms with van der Waals surface area (Å²) in [6.07, 6.45) is 0.263. The van der Waals surface area contributed by atoms with E-state index in [0.717, 1.165) is 5.69 Å². The number of hydrogen-bond donors (Lipinski definition) is 3. The number of para-hydroxylation sites is 1. The Morgan fingerprint density at radius 1 is 1.04 bits per heavy atom. The van der Waals surface area contributed by atoms with Gasteiger partial charge in [0.1, 0.15) is 0 Å². The van der Waals surface area contributed by atoms with Gasteiger partial charge in [-0.2, -0.15) is 0 Å². The average Bonchev–Trinajstić information content (AvgIpc) is 2.65. The molecule has 0 heterocycles. The summed E-state index contributed by atoms with van der Waals surface area (Å²) in [6, 6.07) is 15.5. The Hall–Kier alpha value is -3.35. The van der Waals surface area contributed by atoms with Gasteiger partial charge in [0.2, 0.25) is 0 Å². The Bertz CT molecular complexity index is 850. The van der Waals surface area contributed by atoms with Crippen molar-refractivity contribution in [1.29, 1.82) is 0 Å². The van der Waals surface area contributed by atoms with Crippen LogP contribution in [0.3, 0.4) is 0 Å². The van der Waals surface area contributed by atoms with Crippen LogP contribution in [-0.4, -0.2) is 35.6 Å². The van der Waals surface area contributed by atoms with Crippen molar-refractivity contribution in [2.45, 2.75) is 32.2 Å². The van der Waals surface area contributed by atoms with Gasteiger partial charge in [0.05, 0.1) is 0 Å². The van der Waals surface area contributed by atoms with Crippen LogP contribution in [0, 0.1) is 0 Å². The molecule has 3 N–H and O–H groups in total. The van der Waals surface area contributed by atoms with Gasteiger partial charge in [-0.25, -0.2) is 4.79 Å². The van der Waals surface area contributed by atoms with Crippen LogP contribution in [0.25, 0.3) is 0 Å². The van der Waals surface area contributed by atoms with E-state index in [1.165, 1.54) is 4.90 Å². The standard InChI is InChI=1S/C21H25N3O4/c1-21(2,13-12-18(25)26)23-20(28)22-16-9-7-8-15(14-16)19(27)24(3)17-10-5-4-6-11-17/h4-11,14H,12-13H2,1-3H3,(H,25,26)(H2,22,23,28). The van der Waals surface area contributed by atoms with Crippen LogP contribution < -0.4 is 15.5 Å². The van der Waals surface area contributed by atoms with Crippen molar-refractivity contribution in [2.75, 3.05) is 17.3 Å². The van der Waals surface area contributed by atoms with Crippen LogP contribution in [0.15, 0.2) is 54.6 Å². The second-order valence-corrected chi connectivity index (χ2v) is 7.14. The summed E-state index contributed by atoms with van der Waals surface area (Å²) in [5, 5.41) is 14.2. The molecule has 0 aromatic heterocycles. The lowest BCUT2D eigenvalue weighted by Gasteiger charge is -2.25. The smallest absolute Gasteiger partial charge is 0.319 e. The number of carboxylic acids is 1. The molecule has 2 rings (SSSR count). The minimum atomic E-state index is -0.913. The number of urea groups is 1. The molecule has 0 spiro atoms. The molecule has 0 fully saturated rings. The first-order chi connectivity index (χ1) is 13.2. The van der Waals surface area contributed by atoms with Gasteiger partial charge in [-0.3, -0.25) is 9.59 Å². The molecule has 148 valence electrons. The van der Waals surface area contributed by atoms with Gasteiger partial charge in [0.25, 0.3) is 5.91 Å². The number of carbonyl (C=O) groups excluding carboxylic acids is 2. The fourth-order valence-electron chi connectivity index (χ4n) is 2.64. The van der Waals surface area contributed by atoms with Crippen LogP contribution in [0.1, 0.15) is 37.0 Å². The average molecular weight is 383 g/mol. The third-order valence-electron chi connectivity index (χ3n) is 4.23. The minimum absolute atomic E-state index is 0.0386. The number of hydrogen-bond acceptors (Lipinski definition) is 3. The molecule has 0 saturated carbocycles. The monoisotopic (exact) mass is 383 g/mol. The fraction of sp³-hybridized carbons (Fsp3) is 0.286. The summed E-state index contributed by atoms with van der Waals surface area (Å²) >= 11 is 0. The summed E-state index contributed by atoms with van der Waals surface area (Å²) in [7, 11) is 1.69. The van der Waals surface area contributed by atoms with Crippen molar-refractivity contribution >= 4 is 29.3 Å². The Morgan fingerprint density at radius 3 is 2.36 bits per heavy atom. The number of aliphatic carboxylic acids is 1. The number of benzene rings is 2. The molecular formula is C21H25N3O4. The number of amides is 3. The van der Waals surface area contributed by atoms with E-state index >= 15 is 0 Å². The van der Waals surface area contributed by atoms with E-state index in [1.807, 2.05) is 30.3 Å². The number of carboxylic acid groups (broad SMARTS) is 1. The highest BCUT2D eigenvalue weighted by Gasteiger charge is 2.22. The molecule has 3 amide bonds. The zero-order chi connectivity index (χ0) is 20.7. The molecule has 0 aliphatic rings. The first-order valence-electron chi connectivity index (χ1n) is 8.92. The number of carbonyl (C=O) groups is 3. The van der Waals surface area contributed by atoms with Crippen molar-refractivity contribution in [3.63, 3.8) is 0 Å². The van der Waals surface area contributed by atoms with Crippen molar-refractivity contribution in [3.8, 4) is 0 Å². The molecule has 0 radical (unpaired) electrons. The van der Waals surface area contributed by atoms with Crippen LogP contribution in [0.2, 0.25) is 0 Å². The van der Waals surface area contributed by atoms with E-state index in [0.29, 0.717) is 17.7 Å². The van der Waals surface area contributed by atoms with Crippen LogP contribution in [0.5, 0.6) is 0 Å². The summed E-state index contributed by atoms with van der Waals surface area (Å²) < 4.78 is 0. The van der Waals surface area contributed by atoms with Crippen molar-refractivity contribution in [3.05, 3.63) is 60.2 Å². The molecular weight excluding hydrogens is 358 g/mol. The zero-order valence-corrected chi connectivity index (χ0v) is 16.2. The number of nitrogens with one attached hydrogen (secondary N) is 2. The zero-order valence-electron chi connectivity index (χ0n) is 16.2. The van der Waals surface area contributed by atoms with Crippen LogP contribution >= 0.6 is 0 Å². The van der Waals surface area contributed by atoms with Gasteiger partial charge in [0, 0.05) is 35.9 Å². The largest absolute Gasteiger partial charge is 0.481 e. The molecule has 7 nitrogen and oxygen atoms in total. The molecule has 0 aliphatic heterocycles. The Morgan fingerprint density at radius 2 is 1.71 bits per heavy atom. The predicted octanol–water partition coefficient (Wildman–Crippen LogP) is 3.73. The molecule has 0 unspecified atom stereocenters. The highest BCUT2D eigenvalue weighted by Crippen LogP contribution is 2.18. The molecule has 2 aromatic rings. The van der Waals surface area contributed by atoms with Gasteiger partial charge < -0.3 is 20.6 Å². The molecule has 0 atom stereocenters. The maximum Gasteiger partial charge on any atom is 0.319 e. The van der Waals surface area contributed by atoms with E-state index in [-0.39, 0.29) is 12.3 Å². The maximum absolute atomic E-state index is 12.7. The van der Waals surface area contributed by atoms with Gasteiger partial charge in [-0.15, -0.1) is 0 Å². The molecule has 0 aliphatic carbocycles. The van der Waals surface area contributed by atoms with E-state index < -0.39 is 17.5 Å². The summed E-state index contributed by atoms with van der Waals surface area (Å²) in [6.45, 7) is 3.51. The van der Waals surface area contributed by atoms with Gasteiger partial charge in [-0.05, 0) is 50.6 Å². The van der Waals surface area contributed by atoms with E-state index in [9.17, 15) is 14.4 Å². The highest BCUT2D eigenvalue weighted by atomic mass is 16.4. The Labute approximate surface area is 164 Å². The van der Waals surface area contributed by atoms with Crippen molar-refractivity contribution < 1.29 is 19.5 Å². The number of nitrogens with zero attached hydrogens (tertiary/aromatic N) is 1.